The van der Waals surface area contributed by atoms with Gasteiger partial charge in [-0.05, 0) is 35.6 Å². The Kier molecular flexibility index (Phi) is 6.42. The van der Waals surface area contributed by atoms with E-state index in [1.807, 2.05) is 0 Å². The van der Waals surface area contributed by atoms with Gasteiger partial charge >= 0.3 is 0 Å². The Morgan fingerprint density at radius 1 is 0.870 bits per heavy atom. The van der Waals surface area contributed by atoms with Crippen LogP contribution in [0.1, 0.15) is 30.4 Å². The van der Waals surface area contributed by atoms with E-state index < -0.39 is 0 Å². The number of halogens is 1. The molecule has 0 amide bonds. The molecule has 0 saturated carbocycles. The molecule has 0 radical (unpaired) electrons. The van der Waals surface area contributed by atoms with E-state index in [0.29, 0.717) is 6.04 Å². The molecule has 0 N–H and O–H groups in total. The summed E-state index contributed by atoms with van der Waals surface area (Å²) in [5.41, 5.74) is 4.01. The van der Waals surface area contributed by atoms with Crippen LogP contribution in [0.2, 0.25) is 0 Å². The third-order valence-corrected chi connectivity index (χ3v) is 4.91. The average molecular weight is 419 g/mol. The number of likely N-dealkylation sites (tertiary alicyclic amines) is 1. The second-order valence-electron chi connectivity index (χ2n) is 6.88. The Morgan fingerprint density at radius 3 is 1.87 bits per heavy atom. The normalized spacial score (nSPS) is 19.5. The maximum absolute atomic E-state index is 2.52. The first-order valence-electron chi connectivity index (χ1n) is 8.32. The molecule has 3 rings (SSSR count). The average Bonchev–Trinajstić information content (AvgIpc) is 2.55. The molecule has 0 aliphatic carbocycles. The summed E-state index contributed by atoms with van der Waals surface area (Å²) in [6.45, 7) is 1.28. The molecule has 2 aromatic carbocycles. The minimum absolute atomic E-state index is 0. The minimum Gasteiger partial charge on any atom is -1.00 e. The van der Waals surface area contributed by atoms with Crippen molar-refractivity contribution in [2.24, 2.45) is 0 Å². The zero-order valence-corrected chi connectivity index (χ0v) is 16.2. The zero-order chi connectivity index (χ0) is 15.4. The number of likely N-dealkylation sites (N-methyl/N-ethyl adjacent to an activating group) is 1. The summed E-state index contributed by atoms with van der Waals surface area (Å²) >= 11 is 0. The van der Waals surface area contributed by atoms with Gasteiger partial charge in [0.2, 0.25) is 0 Å². The Hall–Kier alpha value is -1.13. The van der Waals surface area contributed by atoms with E-state index in [9.17, 15) is 0 Å². The third kappa shape index (κ3) is 4.45. The fourth-order valence-electron chi connectivity index (χ4n) is 3.46. The van der Waals surface area contributed by atoms with Gasteiger partial charge in [0.15, 0.2) is 0 Å². The van der Waals surface area contributed by atoms with Crippen molar-refractivity contribution < 1.29 is 28.5 Å². The maximum atomic E-state index is 2.52. The molecule has 1 aliphatic heterocycles. The van der Waals surface area contributed by atoms with Gasteiger partial charge in [-0.15, -0.1) is 0 Å². The second kappa shape index (κ2) is 8.11. The Morgan fingerprint density at radius 2 is 1.39 bits per heavy atom. The molecule has 122 valence electrons. The van der Waals surface area contributed by atoms with Crippen LogP contribution >= 0.6 is 0 Å². The van der Waals surface area contributed by atoms with Gasteiger partial charge in [0, 0.05) is 6.42 Å². The lowest BCUT2D eigenvalue weighted by Crippen LogP contribution is -3.00. The standard InChI is InChI=1S/C21H26N.HI/c1-22(2)16-10-9-15-20(22)17-21(18-11-5-3-6-12-18)19-13-7-4-8-14-19;/h3-8,11-14,17,20H,9-10,15-16H2,1-2H3;1H/q+1;/p-1. The highest BCUT2D eigenvalue weighted by molar-refractivity contribution is 5.80. The van der Waals surface area contributed by atoms with Crippen LogP contribution in [-0.2, 0) is 0 Å². The van der Waals surface area contributed by atoms with E-state index in [1.165, 1.54) is 42.5 Å². The van der Waals surface area contributed by atoms with Gasteiger partial charge in [0.25, 0.3) is 0 Å². The van der Waals surface area contributed by atoms with Gasteiger partial charge in [-0.1, -0.05) is 60.7 Å². The summed E-state index contributed by atoms with van der Waals surface area (Å²) in [6, 6.07) is 22.2. The van der Waals surface area contributed by atoms with Crippen molar-refractivity contribution in [1.29, 1.82) is 0 Å². The molecule has 1 aliphatic rings. The molecule has 1 nitrogen and oxygen atoms in total. The van der Waals surface area contributed by atoms with E-state index in [-0.39, 0.29) is 24.0 Å². The van der Waals surface area contributed by atoms with Crippen molar-refractivity contribution in [1.82, 2.24) is 0 Å². The molecule has 1 atom stereocenters. The van der Waals surface area contributed by atoms with Crippen molar-refractivity contribution in [3.63, 3.8) is 0 Å². The van der Waals surface area contributed by atoms with Gasteiger partial charge in [0.1, 0.15) is 6.04 Å². The van der Waals surface area contributed by atoms with Gasteiger partial charge in [-0.3, -0.25) is 0 Å². The SMILES string of the molecule is C[N+]1(C)CCCCC1C=C(c1ccccc1)c1ccccc1.[I-]. The molecule has 2 aromatic rings. The van der Waals surface area contributed by atoms with Crippen LogP contribution in [0.3, 0.4) is 0 Å². The molecule has 1 heterocycles. The topological polar surface area (TPSA) is 0 Å². The van der Waals surface area contributed by atoms with Crippen LogP contribution in [0.5, 0.6) is 0 Å². The summed E-state index contributed by atoms with van der Waals surface area (Å²) in [7, 11) is 4.74. The van der Waals surface area contributed by atoms with Gasteiger partial charge in [-0.2, -0.15) is 0 Å². The zero-order valence-electron chi connectivity index (χ0n) is 14.1. The van der Waals surface area contributed by atoms with E-state index in [0.717, 1.165) is 4.48 Å². The molecule has 2 heteroatoms. The fourth-order valence-corrected chi connectivity index (χ4v) is 3.46. The molecule has 0 aromatic heterocycles. The Labute approximate surface area is 157 Å². The summed E-state index contributed by atoms with van der Waals surface area (Å²) in [6.07, 6.45) is 6.50. The summed E-state index contributed by atoms with van der Waals surface area (Å²) in [5, 5.41) is 0. The van der Waals surface area contributed by atoms with E-state index in [2.05, 4.69) is 80.8 Å². The minimum atomic E-state index is 0. The molecule has 0 spiro atoms. The van der Waals surface area contributed by atoms with E-state index in [1.54, 1.807) is 0 Å². The van der Waals surface area contributed by atoms with Crippen LogP contribution < -0.4 is 24.0 Å². The van der Waals surface area contributed by atoms with E-state index >= 15 is 0 Å². The summed E-state index contributed by atoms with van der Waals surface area (Å²) in [4.78, 5) is 0. The number of hydrogen-bond donors (Lipinski definition) is 0. The Bertz CT molecular complexity index is 590. The highest BCUT2D eigenvalue weighted by Crippen LogP contribution is 2.29. The first kappa shape index (κ1) is 18.2. The van der Waals surface area contributed by atoms with Gasteiger partial charge in [-0.25, -0.2) is 0 Å². The molecular weight excluding hydrogens is 393 g/mol. The number of hydrogen-bond acceptors (Lipinski definition) is 0. The summed E-state index contributed by atoms with van der Waals surface area (Å²) in [5.74, 6) is 0. The van der Waals surface area contributed by atoms with Gasteiger partial charge in [0.05, 0.1) is 20.6 Å². The molecular formula is C21H26IN. The first-order chi connectivity index (χ1) is 10.7. The molecule has 0 bridgehead atoms. The van der Waals surface area contributed by atoms with Crippen molar-refractivity contribution in [3.05, 3.63) is 77.9 Å². The largest absolute Gasteiger partial charge is 1.00 e. The van der Waals surface area contributed by atoms with Crippen LogP contribution in [0.25, 0.3) is 5.57 Å². The van der Waals surface area contributed by atoms with Crippen LogP contribution in [0.4, 0.5) is 0 Å². The predicted molar refractivity (Wildman–Crippen MR) is 94.6 cm³/mol. The fraction of sp³-hybridized carbons (Fsp3) is 0.333. The smallest absolute Gasteiger partial charge is 0.108 e. The van der Waals surface area contributed by atoms with Crippen LogP contribution in [-0.4, -0.2) is 31.2 Å². The molecule has 1 fully saturated rings. The van der Waals surface area contributed by atoms with Crippen molar-refractivity contribution in [2.45, 2.75) is 25.3 Å². The number of rotatable bonds is 3. The van der Waals surface area contributed by atoms with Gasteiger partial charge < -0.3 is 28.5 Å². The number of quaternary nitrogens is 1. The summed E-state index contributed by atoms with van der Waals surface area (Å²) < 4.78 is 1.10. The maximum Gasteiger partial charge on any atom is 0.108 e. The monoisotopic (exact) mass is 419 g/mol. The Balaban J connectivity index is 0.00000192. The molecule has 23 heavy (non-hydrogen) atoms. The van der Waals surface area contributed by atoms with Crippen molar-refractivity contribution in [3.8, 4) is 0 Å². The third-order valence-electron chi connectivity index (χ3n) is 4.91. The quantitative estimate of drug-likeness (QED) is 0.526. The number of benzene rings is 2. The van der Waals surface area contributed by atoms with Crippen molar-refractivity contribution in [2.75, 3.05) is 20.6 Å². The second-order valence-corrected chi connectivity index (χ2v) is 6.88. The lowest BCUT2D eigenvalue weighted by molar-refractivity contribution is -0.913. The van der Waals surface area contributed by atoms with E-state index in [4.69, 9.17) is 0 Å². The lowest BCUT2D eigenvalue weighted by Gasteiger charge is -2.40. The number of nitrogens with zero attached hydrogens (tertiary/aromatic N) is 1. The van der Waals surface area contributed by atoms with Crippen LogP contribution in [0, 0.1) is 0 Å². The van der Waals surface area contributed by atoms with Crippen LogP contribution in [0.15, 0.2) is 66.7 Å². The number of piperidine rings is 1. The first-order valence-corrected chi connectivity index (χ1v) is 8.32. The highest BCUT2D eigenvalue weighted by Gasteiger charge is 2.30. The van der Waals surface area contributed by atoms with Crippen molar-refractivity contribution >= 4 is 5.57 Å². The lowest BCUT2D eigenvalue weighted by atomic mass is 9.92. The molecule has 1 saturated heterocycles. The highest BCUT2D eigenvalue weighted by atomic mass is 127. The molecule has 1 unspecified atom stereocenters. The predicted octanol–water partition coefficient (Wildman–Crippen LogP) is 1.75.